The summed E-state index contributed by atoms with van der Waals surface area (Å²) in [7, 11) is 0. The maximum Gasteiger partial charge on any atom is 0.0702 e. The molecule has 1 N–H and O–H groups in total. The molecule has 0 bridgehead atoms. The van der Waals surface area contributed by atoms with E-state index in [1.165, 1.54) is 38.6 Å². The second kappa shape index (κ2) is 6.72. The molecule has 2 rings (SSSR count). The summed E-state index contributed by atoms with van der Waals surface area (Å²) in [5, 5.41) is 3.59. The van der Waals surface area contributed by atoms with Crippen molar-refractivity contribution in [3.05, 3.63) is 0 Å². The molecule has 0 aliphatic carbocycles. The molecule has 2 saturated heterocycles. The minimum Gasteiger partial charge on any atom is -0.377 e. The minimum absolute atomic E-state index is 0.504. The summed E-state index contributed by atoms with van der Waals surface area (Å²) in [5.41, 5.74) is 0. The maximum absolute atomic E-state index is 5.78. The zero-order valence-corrected chi connectivity index (χ0v) is 11.5. The van der Waals surface area contributed by atoms with Gasteiger partial charge in [0, 0.05) is 25.2 Å². The van der Waals surface area contributed by atoms with E-state index in [0.717, 1.165) is 19.7 Å². The molecule has 0 spiro atoms. The fourth-order valence-corrected chi connectivity index (χ4v) is 3.32. The zero-order valence-electron chi connectivity index (χ0n) is 11.5. The van der Waals surface area contributed by atoms with Crippen molar-refractivity contribution in [2.24, 2.45) is 0 Å². The van der Waals surface area contributed by atoms with E-state index in [1.807, 2.05) is 0 Å². The summed E-state index contributed by atoms with van der Waals surface area (Å²) < 4.78 is 5.78. The Morgan fingerprint density at radius 2 is 2.18 bits per heavy atom. The lowest BCUT2D eigenvalue weighted by Gasteiger charge is -2.40. The topological polar surface area (TPSA) is 24.5 Å². The van der Waals surface area contributed by atoms with Gasteiger partial charge in [-0.3, -0.25) is 4.90 Å². The van der Waals surface area contributed by atoms with Crippen LogP contribution in [0.25, 0.3) is 0 Å². The van der Waals surface area contributed by atoms with Gasteiger partial charge in [0.05, 0.1) is 6.10 Å². The van der Waals surface area contributed by atoms with Gasteiger partial charge in [0.15, 0.2) is 0 Å². The number of likely N-dealkylation sites (tertiary alicyclic amines) is 1. The Morgan fingerprint density at radius 1 is 1.29 bits per heavy atom. The highest BCUT2D eigenvalue weighted by atomic mass is 16.5. The van der Waals surface area contributed by atoms with Crippen molar-refractivity contribution in [1.29, 1.82) is 0 Å². The van der Waals surface area contributed by atoms with Gasteiger partial charge >= 0.3 is 0 Å². The average Bonchev–Trinajstić information content (AvgIpc) is 2.83. The van der Waals surface area contributed by atoms with Crippen LogP contribution in [0, 0.1) is 0 Å². The van der Waals surface area contributed by atoms with Gasteiger partial charge in [0.25, 0.3) is 0 Å². The molecular formula is C14H28N2O. The number of piperidine rings is 1. The van der Waals surface area contributed by atoms with Crippen molar-refractivity contribution >= 4 is 0 Å². The molecule has 2 heterocycles. The summed E-state index contributed by atoms with van der Waals surface area (Å²) in [6.45, 7) is 9.00. The van der Waals surface area contributed by atoms with E-state index in [4.69, 9.17) is 4.74 Å². The first-order chi connectivity index (χ1) is 8.31. The normalized spacial score (nSPS) is 32.8. The Kier molecular flexibility index (Phi) is 5.26. The monoisotopic (exact) mass is 240 g/mol. The summed E-state index contributed by atoms with van der Waals surface area (Å²) in [6.07, 6.45) is 7.13. The molecule has 2 fully saturated rings. The Labute approximate surface area is 106 Å². The fraction of sp³-hybridized carbons (Fsp3) is 1.00. The second-order valence-corrected chi connectivity index (χ2v) is 5.54. The van der Waals surface area contributed by atoms with Crippen molar-refractivity contribution in [2.45, 2.75) is 64.1 Å². The first-order valence-corrected chi connectivity index (χ1v) is 7.40. The van der Waals surface area contributed by atoms with Crippen LogP contribution in [0.3, 0.4) is 0 Å². The Balaban J connectivity index is 1.86. The maximum atomic E-state index is 5.78. The minimum atomic E-state index is 0.504. The summed E-state index contributed by atoms with van der Waals surface area (Å²) in [5.74, 6) is 0. The highest BCUT2D eigenvalue weighted by Gasteiger charge is 2.29. The Hall–Kier alpha value is -0.120. The first-order valence-electron chi connectivity index (χ1n) is 7.40. The standard InChI is InChI=1S/C14H28N2O/c1-3-15-12(2)14-8-4-5-9-16(14)11-13-7-6-10-17-13/h12-15H,3-11H2,1-2H3. The van der Waals surface area contributed by atoms with Gasteiger partial charge < -0.3 is 10.1 Å². The van der Waals surface area contributed by atoms with Crippen LogP contribution in [0.15, 0.2) is 0 Å². The van der Waals surface area contributed by atoms with E-state index < -0.39 is 0 Å². The molecule has 0 aromatic heterocycles. The number of hydrogen-bond acceptors (Lipinski definition) is 3. The number of hydrogen-bond donors (Lipinski definition) is 1. The SMILES string of the molecule is CCNC(C)C1CCCCN1CC1CCCO1. The molecule has 3 unspecified atom stereocenters. The lowest BCUT2D eigenvalue weighted by molar-refractivity contribution is 0.0357. The number of ether oxygens (including phenoxy) is 1. The number of nitrogens with zero attached hydrogens (tertiary/aromatic N) is 1. The van der Waals surface area contributed by atoms with E-state index in [2.05, 4.69) is 24.1 Å². The van der Waals surface area contributed by atoms with Crippen molar-refractivity contribution in [3.63, 3.8) is 0 Å². The molecule has 100 valence electrons. The molecule has 2 aliphatic rings. The largest absolute Gasteiger partial charge is 0.377 e. The van der Waals surface area contributed by atoms with Gasteiger partial charge in [-0.1, -0.05) is 13.3 Å². The third-order valence-electron chi connectivity index (χ3n) is 4.23. The molecule has 3 atom stereocenters. The van der Waals surface area contributed by atoms with Crippen molar-refractivity contribution in [3.8, 4) is 0 Å². The number of rotatable bonds is 5. The van der Waals surface area contributed by atoms with Gasteiger partial charge in [0.2, 0.25) is 0 Å². The number of likely N-dealkylation sites (N-methyl/N-ethyl adjacent to an activating group) is 1. The highest BCUT2D eigenvalue weighted by Crippen LogP contribution is 2.22. The predicted molar refractivity (Wildman–Crippen MR) is 71.3 cm³/mol. The Bertz CT molecular complexity index is 216. The van der Waals surface area contributed by atoms with Gasteiger partial charge in [-0.25, -0.2) is 0 Å². The van der Waals surface area contributed by atoms with E-state index in [0.29, 0.717) is 18.2 Å². The molecule has 17 heavy (non-hydrogen) atoms. The first kappa shape index (κ1) is 13.3. The van der Waals surface area contributed by atoms with Crippen LogP contribution in [0.5, 0.6) is 0 Å². The van der Waals surface area contributed by atoms with Gasteiger partial charge in [-0.2, -0.15) is 0 Å². The molecule has 0 aromatic carbocycles. The van der Waals surface area contributed by atoms with Gasteiger partial charge in [0.1, 0.15) is 0 Å². The van der Waals surface area contributed by atoms with E-state index in [-0.39, 0.29) is 0 Å². The lowest BCUT2D eigenvalue weighted by Crippen LogP contribution is -2.52. The molecule has 2 aliphatic heterocycles. The van der Waals surface area contributed by atoms with Gasteiger partial charge in [-0.05, 0) is 45.7 Å². The average molecular weight is 240 g/mol. The zero-order chi connectivity index (χ0) is 12.1. The summed E-state index contributed by atoms with van der Waals surface area (Å²) in [6, 6.07) is 1.33. The molecule has 0 amide bonds. The molecular weight excluding hydrogens is 212 g/mol. The van der Waals surface area contributed by atoms with Crippen LogP contribution < -0.4 is 5.32 Å². The highest BCUT2D eigenvalue weighted by molar-refractivity contribution is 4.86. The van der Waals surface area contributed by atoms with Crippen LogP contribution in [-0.2, 0) is 4.74 Å². The van der Waals surface area contributed by atoms with Crippen molar-refractivity contribution in [1.82, 2.24) is 10.2 Å². The molecule has 0 saturated carbocycles. The van der Waals surface area contributed by atoms with Crippen molar-refractivity contribution in [2.75, 3.05) is 26.2 Å². The van der Waals surface area contributed by atoms with Crippen LogP contribution in [-0.4, -0.2) is 49.3 Å². The van der Waals surface area contributed by atoms with Crippen LogP contribution in [0.4, 0.5) is 0 Å². The van der Waals surface area contributed by atoms with E-state index in [1.54, 1.807) is 0 Å². The second-order valence-electron chi connectivity index (χ2n) is 5.54. The molecule has 3 nitrogen and oxygen atoms in total. The van der Waals surface area contributed by atoms with E-state index in [9.17, 15) is 0 Å². The van der Waals surface area contributed by atoms with Crippen molar-refractivity contribution < 1.29 is 4.74 Å². The third-order valence-corrected chi connectivity index (χ3v) is 4.23. The van der Waals surface area contributed by atoms with Gasteiger partial charge in [-0.15, -0.1) is 0 Å². The van der Waals surface area contributed by atoms with Crippen LogP contribution in [0.2, 0.25) is 0 Å². The summed E-state index contributed by atoms with van der Waals surface area (Å²) in [4.78, 5) is 2.67. The number of nitrogens with one attached hydrogen (secondary N) is 1. The third kappa shape index (κ3) is 3.67. The Morgan fingerprint density at radius 3 is 2.88 bits per heavy atom. The molecule has 0 aromatic rings. The van der Waals surface area contributed by atoms with Crippen LogP contribution in [0.1, 0.15) is 46.0 Å². The smallest absolute Gasteiger partial charge is 0.0702 e. The summed E-state index contributed by atoms with van der Waals surface area (Å²) >= 11 is 0. The molecule has 3 heteroatoms. The lowest BCUT2D eigenvalue weighted by atomic mass is 9.96. The van der Waals surface area contributed by atoms with E-state index >= 15 is 0 Å². The predicted octanol–water partition coefficient (Wildman–Crippen LogP) is 2.02. The quantitative estimate of drug-likeness (QED) is 0.795. The fourth-order valence-electron chi connectivity index (χ4n) is 3.32. The molecule has 0 radical (unpaired) electrons. The van der Waals surface area contributed by atoms with Crippen LogP contribution >= 0.6 is 0 Å².